The van der Waals surface area contributed by atoms with Crippen molar-refractivity contribution < 1.29 is 4.79 Å². The van der Waals surface area contributed by atoms with Crippen LogP contribution in [0.25, 0.3) is 10.2 Å². The van der Waals surface area contributed by atoms with Crippen molar-refractivity contribution in [1.82, 2.24) is 9.97 Å². The molecule has 0 fully saturated rings. The van der Waals surface area contributed by atoms with E-state index in [2.05, 4.69) is 16.9 Å². The van der Waals surface area contributed by atoms with E-state index in [1.165, 1.54) is 33.6 Å². The number of hydrogen-bond donors (Lipinski definition) is 0. The monoisotopic (exact) mass is 374 g/mol. The van der Waals surface area contributed by atoms with E-state index in [1.807, 2.05) is 35.8 Å². The van der Waals surface area contributed by atoms with Crippen molar-refractivity contribution in [3.63, 3.8) is 0 Å². The predicted octanol–water partition coefficient (Wildman–Crippen LogP) is 5.16. The van der Waals surface area contributed by atoms with Crippen LogP contribution in [0.4, 0.5) is 0 Å². The van der Waals surface area contributed by atoms with Gasteiger partial charge in [0, 0.05) is 10.3 Å². The number of rotatable bonds is 4. The molecule has 4 rings (SSSR count). The van der Waals surface area contributed by atoms with Gasteiger partial charge in [-0.2, -0.15) is 0 Å². The first-order valence-electron chi connectivity index (χ1n) is 8.10. The van der Waals surface area contributed by atoms with Gasteiger partial charge in [-0.25, -0.2) is 9.97 Å². The Morgan fingerprint density at radius 1 is 1.42 bits per heavy atom. The van der Waals surface area contributed by atoms with Gasteiger partial charge in [0.1, 0.15) is 15.7 Å². The molecule has 0 bridgehead atoms. The summed E-state index contributed by atoms with van der Waals surface area (Å²) < 4.78 is 0. The van der Waals surface area contributed by atoms with E-state index < -0.39 is 0 Å². The van der Waals surface area contributed by atoms with Gasteiger partial charge in [0.05, 0.1) is 10.6 Å². The van der Waals surface area contributed by atoms with Crippen molar-refractivity contribution in [2.75, 3.05) is 5.75 Å². The van der Waals surface area contributed by atoms with Crippen LogP contribution in [0.3, 0.4) is 0 Å². The number of hydrogen-bond acceptors (Lipinski definition) is 6. The zero-order chi connectivity index (χ0) is 16.7. The number of ketones is 1. The van der Waals surface area contributed by atoms with Crippen LogP contribution < -0.4 is 0 Å². The summed E-state index contributed by atoms with van der Waals surface area (Å²) in [5, 5.41) is 4.13. The van der Waals surface area contributed by atoms with Crippen LogP contribution in [0.5, 0.6) is 0 Å². The van der Waals surface area contributed by atoms with E-state index in [0.717, 1.165) is 39.3 Å². The fourth-order valence-electron chi connectivity index (χ4n) is 3.16. The minimum atomic E-state index is 0.178. The SMILES string of the molecule is Cc1nc(SCC(=O)c2cccs2)c2c3c(sc2n1)C[C@H](C)CC3. The second kappa shape index (κ2) is 6.58. The molecule has 24 heavy (non-hydrogen) atoms. The van der Waals surface area contributed by atoms with Crippen LogP contribution in [0.1, 0.15) is 39.3 Å². The van der Waals surface area contributed by atoms with Crippen LogP contribution in [0, 0.1) is 12.8 Å². The number of fused-ring (bicyclic) bond motifs is 3. The minimum absolute atomic E-state index is 0.178. The van der Waals surface area contributed by atoms with Gasteiger partial charge in [0.15, 0.2) is 5.78 Å². The van der Waals surface area contributed by atoms with Crippen molar-refractivity contribution >= 4 is 50.4 Å². The summed E-state index contributed by atoms with van der Waals surface area (Å²) >= 11 is 4.88. The molecule has 0 radical (unpaired) electrons. The molecule has 0 spiro atoms. The topological polar surface area (TPSA) is 42.9 Å². The van der Waals surface area contributed by atoms with E-state index in [1.54, 1.807) is 11.8 Å². The number of aromatic nitrogens is 2. The average Bonchev–Trinajstić information content (AvgIpc) is 3.18. The van der Waals surface area contributed by atoms with E-state index in [-0.39, 0.29) is 5.78 Å². The number of nitrogens with zero attached hydrogens (tertiary/aromatic N) is 2. The summed E-state index contributed by atoms with van der Waals surface area (Å²) in [5.74, 6) is 2.15. The molecule has 3 aromatic heterocycles. The molecule has 0 unspecified atom stereocenters. The van der Waals surface area contributed by atoms with E-state index in [0.29, 0.717) is 5.75 Å². The molecule has 1 aliphatic carbocycles. The number of thiophene rings is 2. The Morgan fingerprint density at radius 2 is 2.29 bits per heavy atom. The lowest BCUT2D eigenvalue weighted by atomic mass is 9.89. The first-order chi connectivity index (χ1) is 11.6. The van der Waals surface area contributed by atoms with Gasteiger partial charge in [-0.1, -0.05) is 24.8 Å². The molecular formula is C18H18N2OS3. The molecule has 1 aliphatic rings. The van der Waals surface area contributed by atoms with Crippen LogP contribution >= 0.6 is 34.4 Å². The summed E-state index contributed by atoms with van der Waals surface area (Å²) in [6, 6.07) is 3.81. The molecule has 124 valence electrons. The average molecular weight is 375 g/mol. The van der Waals surface area contributed by atoms with Crippen molar-refractivity contribution in [3.8, 4) is 0 Å². The van der Waals surface area contributed by atoms with Crippen molar-refractivity contribution in [3.05, 3.63) is 38.7 Å². The number of carbonyl (C=O) groups is 1. The van der Waals surface area contributed by atoms with Gasteiger partial charge in [-0.3, -0.25) is 4.79 Å². The van der Waals surface area contributed by atoms with E-state index in [4.69, 9.17) is 0 Å². The highest BCUT2D eigenvalue weighted by molar-refractivity contribution is 8.00. The normalized spacial score (nSPS) is 17.2. The van der Waals surface area contributed by atoms with Gasteiger partial charge >= 0.3 is 0 Å². The van der Waals surface area contributed by atoms with E-state index in [9.17, 15) is 4.79 Å². The summed E-state index contributed by atoms with van der Waals surface area (Å²) in [7, 11) is 0. The Bertz CT molecular complexity index is 899. The summed E-state index contributed by atoms with van der Waals surface area (Å²) in [4.78, 5) is 25.0. The third kappa shape index (κ3) is 3.03. The molecule has 3 heterocycles. The summed E-state index contributed by atoms with van der Waals surface area (Å²) in [5.41, 5.74) is 1.43. The highest BCUT2D eigenvalue weighted by atomic mass is 32.2. The largest absolute Gasteiger partial charge is 0.292 e. The zero-order valence-corrected chi connectivity index (χ0v) is 16.1. The quantitative estimate of drug-likeness (QED) is 0.359. The molecule has 3 nitrogen and oxygen atoms in total. The molecule has 0 saturated heterocycles. The summed E-state index contributed by atoms with van der Waals surface area (Å²) in [6.45, 7) is 4.26. The number of carbonyl (C=O) groups excluding carboxylic acids is 1. The Morgan fingerprint density at radius 3 is 3.08 bits per heavy atom. The second-order valence-electron chi connectivity index (χ2n) is 6.30. The third-order valence-corrected chi connectivity index (χ3v) is 7.40. The van der Waals surface area contributed by atoms with Crippen LogP contribution in [-0.2, 0) is 12.8 Å². The maximum absolute atomic E-state index is 12.3. The second-order valence-corrected chi connectivity index (χ2v) is 9.29. The van der Waals surface area contributed by atoms with Gasteiger partial charge in [0.2, 0.25) is 0 Å². The van der Waals surface area contributed by atoms with Crippen molar-refractivity contribution in [1.29, 1.82) is 0 Å². The maximum atomic E-state index is 12.3. The molecule has 6 heteroatoms. The third-order valence-electron chi connectivity index (χ3n) is 4.37. The predicted molar refractivity (Wildman–Crippen MR) is 103 cm³/mol. The molecule has 1 atom stereocenters. The minimum Gasteiger partial charge on any atom is -0.292 e. The lowest BCUT2D eigenvalue weighted by Gasteiger charge is -2.18. The van der Waals surface area contributed by atoms with Gasteiger partial charge in [-0.05, 0) is 49.1 Å². The van der Waals surface area contributed by atoms with Gasteiger partial charge in [-0.15, -0.1) is 22.7 Å². The van der Waals surface area contributed by atoms with Gasteiger partial charge in [0.25, 0.3) is 0 Å². The molecule has 0 aliphatic heterocycles. The smallest absolute Gasteiger partial charge is 0.183 e. The Balaban J connectivity index is 1.68. The fraction of sp³-hybridized carbons (Fsp3) is 0.389. The highest BCUT2D eigenvalue weighted by Crippen LogP contribution is 2.41. The maximum Gasteiger partial charge on any atom is 0.183 e. The van der Waals surface area contributed by atoms with Crippen LogP contribution in [0.15, 0.2) is 22.5 Å². The zero-order valence-electron chi connectivity index (χ0n) is 13.7. The highest BCUT2D eigenvalue weighted by Gasteiger charge is 2.24. The molecule has 0 aromatic carbocycles. The Labute approximate surface area is 153 Å². The summed E-state index contributed by atoms with van der Waals surface area (Å²) in [6.07, 6.45) is 3.48. The fourth-order valence-corrected chi connectivity index (χ4v) is 6.39. The Hall–Kier alpha value is -1.24. The molecule has 0 N–H and O–H groups in total. The van der Waals surface area contributed by atoms with E-state index >= 15 is 0 Å². The number of aryl methyl sites for hydroxylation is 2. The van der Waals surface area contributed by atoms with Gasteiger partial charge < -0.3 is 0 Å². The molecule has 0 amide bonds. The first kappa shape index (κ1) is 16.2. The molecule has 0 saturated carbocycles. The standard InChI is InChI=1S/C18H18N2OS3/c1-10-5-6-12-15(8-10)24-18-16(12)17(19-11(2)20-18)23-9-13(21)14-4-3-7-22-14/h3-4,7,10H,5-6,8-9H2,1-2H3/t10-/m1/s1. The Kier molecular flexibility index (Phi) is 4.45. The lowest BCUT2D eigenvalue weighted by molar-refractivity contribution is 0.102. The molecule has 3 aromatic rings. The van der Waals surface area contributed by atoms with Crippen LogP contribution in [0.2, 0.25) is 0 Å². The first-order valence-corrected chi connectivity index (χ1v) is 10.8. The molecular weight excluding hydrogens is 356 g/mol. The van der Waals surface area contributed by atoms with Crippen molar-refractivity contribution in [2.45, 2.75) is 38.1 Å². The number of thioether (sulfide) groups is 1. The van der Waals surface area contributed by atoms with Crippen LogP contribution in [-0.4, -0.2) is 21.5 Å². The lowest BCUT2D eigenvalue weighted by Crippen LogP contribution is -2.09. The van der Waals surface area contributed by atoms with Crippen molar-refractivity contribution in [2.24, 2.45) is 5.92 Å². The number of Topliss-reactive ketones (excluding diaryl/α,β-unsaturated/α-hetero) is 1.